The van der Waals surface area contributed by atoms with E-state index < -0.39 is 6.04 Å². The first-order chi connectivity index (χ1) is 8.67. The third kappa shape index (κ3) is 5.08. The van der Waals surface area contributed by atoms with E-state index >= 15 is 0 Å². The highest BCUT2D eigenvalue weighted by Crippen LogP contribution is 2.17. The molecular formula is C13H20N2O2S. The van der Waals surface area contributed by atoms with Crippen LogP contribution in [0, 0.1) is 0 Å². The zero-order chi connectivity index (χ0) is 13.4. The van der Waals surface area contributed by atoms with Crippen LogP contribution in [-0.2, 0) is 9.53 Å². The standard InChI is InChI=1S/C13H20N2O2S/c1-17-9-3-4-12(14)13(16)15-10-5-7-11(18-2)8-6-10/h5-8,12H,3-4,9,14H2,1-2H3,(H,15,16). The number of methoxy groups -OCH3 is 1. The van der Waals surface area contributed by atoms with Gasteiger partial charge in [0.15, 0.2) is 0 Å². The fourth-order valence-corrected chi connectivity index (χ4v) is 1.90. The number of amides is 1. The van der Waals surface area contributed by atoms with Crippen molar-refractivity contribution in [3.05, 3.63) is 24.3 Å². The predicted molar refractivity (Wildman–Crippen MR) is 75.9 cm³/mol. The number of hydrogen-bond donors (Lipinski definition) is 2. The van der Waals surface area contributed by atoms with Crippen LogP contribution >= 0.6 is 11.8 Å². The van der Waals surface area contributed by atoms with Crippen molar-refractivity contribution < 1.29 is 9.53 Å². The molecule has 1 rings (SSSR count). The van der Waals surface area contributed by atoms with Crippen LogP contribution in [0.2, 0.25) is 0 Å². The van der Waals surface area contributed by atoms with Crippen molar-refractivity contribution in [2.75, 3.05) is 25.3 Å². The molecule has 0 aliphatic carbocycles. The lowest BCUT2D eigenvalue weighted by Gasteiger charge is -2.12. The van der Waals surface area contributed by atoms with Crippen molar-refractivity contribution in [3.63, 3.8) is 0 Å². The molecule has 1 atom stereocenters. The van der Waals surface area contributed by atoms with Gasteiger partial charge in [0.25, 0.3) is 0 Å². The molecule has 100 valence electrons. The molecule has 0 spiro atoms. The van der Waals surface area contributed by atoms with Gasteiger partial charge in [-0.3, -0.25) is 4.79 Å². The van der Waals surface area contributed by atoms with Gasteiger partial charge in [-0.1, -0.05) is 0 Å². The maximum Gasteiger partial charge on any atom is 0.241 e. The summed E-state index contributed by atoms with van der Waals surface area (Å²) in [6.07, 6.45) is 3.43. The second-order valence-electron chi connectivity index (χ2n) is 3.96. The lowest BCUT2D eigenvalue weighted by atomic mass is 10.1. The fourth-order valence-electron chi connectivity index (χ4n) is 1.49. The van der Waals surface area contributed by atoms with Gasteiger partial charge in [0.2, 0.25) is 5.91 Å². The van der Waals surface area contributed by atoms with Crippen molar-refractivity contribution in [2.45, 2.75) is 23.8 Å². The van der Waals surface area contributed by atoms with E-state index in [0.29, 0.717) is 13.0 Å². The Bertz CT molecular complexity index is 368. The molecule has 0 aliphatic heterocycles. The van der Waals surface area contributed by atoms with Gasteiger partial charge in [-0.2, -0.15) is 0 Å². The van der Waals surface area contributed by atoms with Gasteiger partial charge in [0, 0.05) is 24.3 Å². The summed E-state index contributed by atoms with van der Waals surface area (Å²) in [6, 6.07) is 7.21. The first kappa shape index (κ1) is 15.0. The zero-order valence-corrected chi connectivity index (χ0v) is 11.6. The van der Waals surface area contributed by atoms with E-state index in [1.807, 2.05) is 30.5 Å². The largest absolute Gasteiger partial charge is 0.385 e. The minimum Gasteiger partial charge on any atom is -0.385 e. The van der Waals surface area contributed by atoms with Gasteiger partial charge < -0.3 is 15.8 Å². The molecule has 0 bridgehead atoms. The Morgan fingerprint density at radius 2 is 2.11 bits per heavy atom. The molecule has 18 heavy (non-hydrogen) atoms. The first-order valence-corrected chi connectivity index (χ1v) is 7.09. The average Bonchev–Trinajstić information content (AvgIpc) is 2.39. The van der Waals surface area contributed by atoms with Crippen LogP contribution in [0.3, 0.4) is 0 Å². The number of nitrogens with one attached hydrogen (secondary N) is 1. The molecule has 3 N–H and O–H groups in total. The van der Waals surface area contributed by atoms with Crippen molar-refractivity contribution >= 4 is 23.4 Å². The van der Waals surface area contributed by atoms with Crippen molar-refractivity contribution in [2.24, 2.45) is 5.73 Å². The summed E-state index contributed by atoms with van der Waals surface area (Å²) in [6.45, 7) is 0.628. The summed E-state index contributed by atoms with van der Waals surface area (Å²) in [7, 11) is 1.64. The predicted octanol–water partition coefficient (Wildman–Crippen LogP) is 2.10. The van der Waals surface area contributed by atoms with Crippen LogP contribution in [0.1, 0.15) is 12.8 Å². The number of hydrogen-bond acceptors (Lipinski definition) is 4. The van der Waals surface area contributed by atoms with Gasteiger partial charge in [-0.05, 0) is 43.4 Å². The summed E-state index contributed by atoms with van der Waals surface area (Å²) < 4.78 is 4.93. The van der Waals surface area contributed by atoms with Crippen LogP contribution in [0.25, 0.3) is 0 Å². The van der Waals surface area contributed by atoms with E-state index in [4.69, 9.17) is 10.5 Å². The lowest BCUT2D eigenvalue weighted by Crippen LogP contribution is -2.35. The highest BCUT2D eigenvalue weighted by molar-refractivity contribution is 7.98. The zero-order valence-electron chi connectivity index (χ0n) is 10.8. The average molecular weight is 268 g/mol. The molecule has 0 aliphatic rings. The normalized spacial score (nSPS) is 12.2. The highest BCUT2D eigenvalue weighted by atomic mass is 32.2. The summed E-state index contributed by atoms with van der Waals surface area (Å²) >= 11 is 1.66. The molecule has 0 saturated carbocycles. The second-order valence-corrected chi connectivity index (χ2v) is 4.84. The van der Waals surface area contributed by atoms with Crippen LogP contribution < -0.4 is 11.1 Å². The van der Waals surface area contributed by atoms with Crippen LogP contribution in [0.5, 0.6) is 0 Å². The number of carbonyl (C=O) groups excluding carboxylic acids is 1. The second kappa shape index (κ2) is 8.13. The maximum absolute atomic E-state index is 11.8. The molecule has 1 aromatic carbocycles. The number of nitrogens with two attached hydrogens (primary N) is 1. The van der Waals surface area contributed by atoms with Gasteiger partial charge in [-0.15, -0.1) is 11.8 Å². The van der Waals surface area contributed by atoms with E-state index in [1.165, 1.54) is 0 Å². The van der Waals surface area contributed by atoms with E-state index in [0.717, 1.165) is 17.0 Å². The van der Waals surface area contributed by atoms with Crippen LogP contribution in [0.15, 0.2) is 29.2 Å². The Morgan fingerprint density at radius 1 is 1.44 bits per heavy atom. The lowest BCUT2D eigenvalue weighted by molar-refractivity contribution is -0.117. The van der Waals surface area contributed by atoms with Crippen LogP contribution in [0.4, 0.5) is 5.69 Å². The van der Waals surface area contributed by atoms with Gasteiger partial charge >= 0.3 is 0 Å². The molecule has 4 nitrogen and oxygen atoms in total. The molecule has 1 unspecified atom stereocenters. The first-order valence-electron chi connectivity index (χ1n) is 5.87. The highest BCUT2D eigenvalue weighted by Gasteiger charge is 2.12. The summed E-state index contributed by atoms with van der Waals surface area (Å²) in [4.78, 5) is 12.9. The van der Waals surface area contributed by atoms with Crippen molar-refractivity contribution in [3.8, 4) is 0 Å². The van der Waals surface area contributed by atoms with Crippen molar-refractivity contribution in [1.82, 2.24) is 0 Å². The van der Waals surface area contributed by atoms with E-state index in [1.54, 1.807) is 18.9 Å². The fraction of sp³-hybridized carbons (Fsp3) is 0.462. The minimum absolute atomic E-state index is 0.150. The number of carbonyl (C=O) groups is 1. The summed E-state index contributed by atoms with van der Waals surface area (Å²) in [5, 5.41) is 2.81. The Hall–Kier alpha value is -1.04. The van der Waals surface area contributed by atoms with E-state index in [2.05, 4.69) is 5.32 Å². The Morgan fingerprint density at radius 3 is 2.67 bits per heavy atom. The SMILES string of the molecule is COCCCC(N)C(=O)Nc1ccc(SC)cc1. The molecule has 0 aromatic heterocycles. The van der Waals surface area contributed by atoms with Gasteiger partial charge in [0.1, 0.15) is 0 Å². The third-order valence-corrected chi connectivity index (χ3v) is 3.30. The summed E-state index contributed by atoms with van der Waals surface area (Å²) in [5.41, 5.74) is 6.57. The number of rotatable bonds is 7. The number of anilines is 1. The molecule has 0 fully saturated rings. The monoisotopic (exact) mass is 268 g/mol. The van der Waals surface area contributed by atoms with E-state index in [9.17, 15) is 4.79 Å². The van der Waals surface area contributed by atoms with Gasteiger partial charge in [0.05, 0.1) is 6.04 Å². The molecule has 0 radical (unpaired) electrons. The van der Waals surface area contributed by atoms with E-state index in [-0.39, 0.29) is 5.91 Å². The molecule has 5 heteroatoms. The molecule has 0 saturated heterocycles. The Kier molecular flexibility index (Phi) is 6.78. The number of thioether (sulfide) groups is 1. The minimum atomic E-state index is -0.486. The number of ether oxygens (including phenoxy) is 1. The smallest absolute Gasteiger partial charge is 0.241 e. The summed E-state index contributed by atoms with van der Waals surface area (Å²) in [5.74, 6) is -0.150. The van der Waals surface area contributed by atoms with Crippen molar-refractivity contribution in [1.29, 1.82) is 0 Å². The molecular weight excluding hydrogens is 248 g/mol. The van der Waals surface area contributed by atoms with Crippen LogP contribution in [-0.4, -0.2) is 31.9 Å². The van der Waals surface area contributed by atoms with Gasteiger partial charge in [-0.25, -0.2) is 0 Å². The quantitative estimate of drug-likeness (QED) is 0.587. The molecule has 1 aromatic rings. The topological polar surface area (TPSA) is 64.3 Å². The molecule has 1 amide bonds. The third-order valence-electron chi connectivity index (χ3n) is 2.56. The Labute approximate surface area is 112 Å². The molecule has 0 heterocycles. The Balaban J connectivity index is 2.42. The number of benzene rings is 1. The maximum atomic E-state index is 11.8.